The minimum atomic E-state index is 0.0702. The Kier molecular flexibility index (Phi) is 25.7. The van der Waals surface area contributed by atoms with E-state index in [2.05, 4.69) is 588 Å². The van der Waals surface area contributed by atoms with E-state index in [9.17, 15) is 0 Å². The largest absolute Gasteiger partial charge is 0.0622 e. The average Bonchev–Trinajstić information content (AvgIpc) is 1.57. The molecule has 0 bridgehead atoms. The Morgan fingerprint density at radius 1 is 0.115 bits per heavy atom. The smallest absolute Gasteiger partial charge is 0.0161 e. The molecule has 0 spiro atoms. The number of rotatable bonds is 6. The van der Waals surface area contributed by atoms with Crippen LogP contribution in [0.25, 0.3) is 145 Å². The lowest BCUT2D eigenvalue weighted by Crippen LogP contribution is -2.16. The SMILES string of the molecule is Cc1ccc(-c2ccc3c(c2)C(C)(C)c2ccccc2-3)cc1.Cc1ccc(-c2ccccc2)c2c1C(C)(C)c1ccccc1-2.Cc1ccc2c(c1)-c1ccc(-c3ccccc3)cc1C2(C)C.Cc1ccc2c(c1)C(C)(C)c1cc(-c3ccccc3)ccc1-2.Cc1cccc2c1-c1ccc(-c3ccccc3)cc1C2(C)C.Cc1cccc2c1C(C)(C)c1cc(-c3ccccc3)ccc1-2.Cc1cccc2c1C(C)(C)c1ccccc1-2. The van der Waals surface area contributed by atoms with Gasteiger partial charge < -0.3 is 0 Å². The van der Waals surface area contributed by atoms with Crippen molar-refractivity contribution in [2.24, 2.45) is 0 Å². The second-order valence-electron chi connectivity index (χ2n) is 45.8. The van der Waals surface area contributed by atoms with Gasteiger partial charge in [0.2, 0.25) is 0 Å². The van der Waals surface area contributed by atoms with Crippen LogP contribution in [0.15, 0.2) is 443 Å². The zero-order valence-electron chi connectivity index (χ0n) is 90.1. The molecular formula is C148H136. The van der Waals surface area contributed by atoms with Crippen LogP contribution in [0.5, 0.6) is 0 Å². The first-order valence-corrected chi connectivity index (χ1v) is 53.2. The summed E-state index contributed by atoms with van der Waals surface area (Å²) in [6.45, 7) is 48.1. The van der Waals surface area contributed by atoms with Crippen molar-refractivity contribution in [1.29, 1.82) is 0 Å². The molecule has 0 unspecified atom stereocenters. The fraction of sp³-hybridized carbons (Fsp3) is 0.189. The Morgan fingerprint density at radius 2 is 0.358 bits per heavy atom. The molecular weight excluding hydrogens is 1780 g/mol. The molecule has 7 aliphatic carbocycles. The Labute approximate surface area is 881 Å². The average molecular weight is 1910 g/mol. The van der Waals surface area contributed by atoms with Crippen LogP contribution < -0.4 is 0 Å². The molecule has 728 valence electrons. The fourth-order valence-electron chi connectivity index (χ4n) is 25.9. The molecule has 0 aromatic heterocycles. The molecule has 0 heterocycles. The van der Waals surface area contributed by atoms with Gasteiger partial charge in [0, 0.05) is 37.9 Å². The van der Waals surface area contributed by atoms with Crippen LogP contribution in [0.1, 0.15) is 214 Å². The first-order valence-electron chi connectivity index (χ1n) is 53.2. The molecule has 20 aromatic rings. The molecule has 0 saturated carbocycles. The molecule has 0 aliphatic heterocycles. The lowest BCUT2D eigenvalue weighted by atomic mass is 9.79. The van der Waals surface area contributed by atoms with E-state index in [1.807, 2.05) is 0 Å². The van der Waals surface area contributed by atoms with Gasteiger partial charge in [-0.25, -0.2) is 0 Å². The summed E-state index contributed by atoms with van der Waals surface area (Å²) in [4.78, 5) is 0. The maximum atomic E-state index is 2.38. The zero-order chi connectivity index (χ0) is 103. The molecule has 0 amide bonds. The van der Waals surface area contributed by atoms with Gasteiger partial charge in [0.25, 0.3) is 0 Å². The van der Waals surface area contributed by atoms with Gasteiger partial charge in [-0.2, -0.15) is 0 Å². The number of fused-ring (bicyclic) bond motifs is 21. The van der Waals surface area contributed by atoms with E-state index in [1.54, 1.807) is 0 Å². The summed E-state index contributed by atoms with van der Waals surface area (Å²) in [5.74, 6) is 0. The Hall–Kier alpha value is -15.6. The van der Waals surface area contributed by atoms with Crippen LogP contribution in [0.4, 0.5) is 0 Å². The van der Waals surface area contributed by atoms with E-state index in [0.29, 0.717) is 0 Å². The third-order valence-corrected chi connectivity index (χ3v) is 33.6. The van der Waals surface area contributed by atoms with Gasteiger partial charge in [-0.05, 0) is 324 Å². The van der Waals surface area contributed by atoms with Crippen molar-refractivity contribution in [3.8, 4) is 145 Å². The molecule has 0 atom stereocenters. The maximum absolute atomic E-state index is 2.38. The van der Waals surface area contributed by atoms with E-state index in [-0.39, 0.29) is 37.9 Å². The normalized spacial score (nSPS) is 14.6. The Morgan fingerprint density at radius 3 is 0.818 bits per heavy atom. The molecule has 148 heavy (non-hydrogen) atoms. The first kappa shape index (κ1) is 98.4. The molecule has 27 rings (SSSR count). The van der Waals surface area contributed by atoms with Gasteiger partial charge in [0.1, 0.15) is 0 Å². The zero-order valence-corrected chi connectivity index (χ0v) is 90.1. The summed E-state index contributed by atoms with van der Waals surface area (Å²) in [6, 6.07) is 161. The van der Waals surface area contributed by atoms with E-state index < -0.39 is 0 Å². The van der Waals surface area contributed by atoms with Gasteiger partial charge in [0.05, 0.1) is 0 Å². The summed E-state index contributed by atoms with van der Waals surface area (Å²) in [6.07, 6.45) is 0. The number of hydrogen-bond acceptors (Lipinski definition) is 0. The van der Waals surface area contributed by atoms with Gasteiger partial charge in [-0.1, -0.05) is 526 Å². The molecule has 7 aliphatic rings. The highest BCUT2D eigenvalue weighted by Gasteiger charge is 2.44. The highest BCUT2D eigenvalue weighted by Crippen LogP contribution is 2.59. The predicted molar refractivity (Wildman–Crippen MR) is 634 cm³/mol. The van der Waals surface area contributed by atoms with E-state index in [0.717, 1.165) is 0 Å². The van der Waals surface area contributed by atoms with Crippen molar-refractivity contribution in [1.82, 2.24) is 0 Å². The summed E-state index contributed by atoms with van der Waals surface area (Å²) < 4.78 is 0. The molecule has 20 aromatic carbocycles. The molecule has 0 N–H and O–H groups in total. The van der Waals surface area contributed by atoms with Crippen molar-refractivity contribution in [3.05, 3.63) is 560 Å². The van der Waals surface area contributed by atoms with Gasteiger partial charge in [0.15, 0.2) is 0 Å². The van der Waals surface area contributed by atoms with E-state index in [4.69, 9.17) is 0 Å². The lowest BCUT2D eigenvalue weighted by Gasteiger charge is -2.24. The van der Waals surface area contributed by atoms with Gasteiger partial charge in [-0.3, -0.25) is 0 Å². The monoisotopic (exact) mass is 1910 g/mol. The standard InChI is InChI=1S/6C22H20.C16H16/c1-15-8-7-11-19-21(15)18-13-12-17(14-20(18)22(19,2)3)16-9-5-4-6-10-16;1-15-8-7-11-19-18-13-12-17(16-9-5-4-6-10-16)14-20(18)22(2,3)21(15)19;1-15-13-14-17(16-9-5-4-6-10-16)20-18-11-7-8-12-19(18)22(2,3)21(15)20;1-15-8-10-16(11-9-15)17-12-13-19-18-6-4-5-7-20(18)22(2,3)21(19)14-17;1-15-9-12-20-19(13-15)18-11-10-17(14-21(18)22(20,2)3)16-7-5-4-6-8-16;1-15-9-11-18-19-12-10-17(16-7-5-4-6-8-16)14-21(19)22(2,3)20(18)13-15;1-11-7-6-9-13-12-8-4-5-10-14(12)16(2,3)15(11)13/h6*4-14H,1-3H3;4-10H,1-3H3. The number of hydrogen-bond donors (Lipinski definition) is 0. The van der Waals surface area contributed by atoms with Crippen LogP contribution in [0, 0.1) is 48.5 Å². The van der Waals surface area contributed by atoms with Crippen molar-refractivity contribution >= 4 is 0 Å². The third kappa shape index (κ3) is 17.5. The van der Waals surface area contributed by atoms with Gasteiger partial charge in [-0.15, -0.1) is 0 Å². The van der Waals surface area contributed by atoms with Crippen molar-refractivity contribution in [3.63, 3.8) is 0 Å². The van der Waals surface area contributed by atoms with Gasteiger partial charge >= 0.3 is 0 Å². The Balaban J connectivity index is 0.000000101. The van der Waals surface area contributed by atoms with Crippen LogP contribution in [0.3, 0.4) is 0 Å². The lowest BCUT2D eigenvalue weighted by molar-refractivity contribution is 0.655. The van der Waals surface area contributed by atoms with Crippen LogP contribution >= 0.6 is 0 Å². The van der Waals surface area contributed by atoms with Crippen LogP contribution in [-0.4, -0.2) is 0 Å². The molecule has 0 saturated heterocycles. The highest BCUT2D eigenvalue weighted by molar-refractivity contribution is 5.95. The third-order valence-electron chi connectivity index (χ3n) is 33.6. The molecule has 0 heteroatoms. The van der Waals surface area contributed by atoms with Crippen molar-refractivity contribution < 1.29 is 0 Å². The van der Waals surface area contributed by atoms with E-state index >= 15 is 0 Å². The second kappa shape index (κ2) is 38.7. The first-order chi connectivity index (χ1) is 71.1. The summed E-state index contributed by atoms with van der Waals surface area (Å²) in [7, 11) is 0. The molecule has 0 nitrogen and oxygen atoms in total. The molecule has 0 fully saturated rings. The molecule has 0 radical (unpaired) electrons. The minimum absolute atomic E-state index is 0.0702. The van der Waals surface area contributed by atoms with Crippen LogP contribution in [-0.2, 0) is 37.9 Å². The minimum Gasteiger partial charge on any atom is -0.0622 e. The summed E-state index contributed by atoms with van der Waals surface area (Å²) in [5.41, 5.74) is 65.7. The van der Waals surface area contributed by atoms with Crippen LogP contribution in [0.2, 0.25) is 0 Å². The van der Waals surface area contributed by atoms with Crippen molar-refractivity contribution in [2.75, 3.05) is 0 Å². The van der Waals surface area contributed by atoms with Crippen molar-refractivity contribution in [2.45, 2.75) is 183 Å². The fourth-order valence-corrected chi connectivity index (χ4v) is 25.9. The Bertz CT molecular complexity index is 8460. The topological polar surface area (TPSA) is 0 Å². The van der Waals surface area contributed by atoms with E-state index in [1.165, 1.54) is 261 Å². The highest BCUT2D eigenvalue weighted by atomic mass is 14.5. The predicted octanol–water partition coefficient (Wildman–Crippen LogP) is 40.1. The quantitative estimate of drug-likeness (QED) is 0.156. The maximum Gasteiger partial charge on any atom is 0.0161 e. The number of benzene rings is 20. The summed E-state index contributed by atoms with van der Waals surface area (Å²) in [5, 5.41) is 0. The summed E-state index contributed by atoms with van der Waals surface area (Å²) >= 11 is 0. The number of aryl methyl sites for hydroxylation is 7. The second-order valence-corrected chi connectivity index (χ2v) is 45.8.